The van der Waals surface area contributed by atoms with E-state index in [-0.39, 0.29) is 13.2 Å². The van der Waals surface area contributed by atoms with E-state index < -0.39 is 0 Å². The molecule has 0 aliphatic carbocycles. The van der Waals surface area contributed by atoms with Crippen LogP contribution < -0.4 is 0 Å². The number of rotatable bonds is 8. The number of hydrogen-bond donors (Lipinski definition) is 3. The maximum atomic E-state index is 10.1. The second kappa shape index (κ2) is 8.15. The molecule has 4 heteroatoms. The van der Waals surface area contributed by atoms with Crippen molar-refractivity contribution >= 4 is 0 Å². The van der Waals surface area contributed by atoms with E-state index >= 15 is 0 Å². The number of nitrogens with zero attached hydrogens (tertiary/aromatic N) is 1. The minimum absolute atomic E-state index is 0.0827. The lowest BCUT2D eigenvalue weighted by molar-refractivity contribution is 0.156. The van der Waals surface area contributed by atoms with Crippen LogP contribution in [0.15, 0.2) is 12.1 Å². The zero-order chi connectivity index (χ0) is 14.3. The summed E-state index contributed by atoms with van der Waals surface area (Å²) in [5, 5.41) is 28.1. The Morgan fingerprint density at radius 1 is 0.947 bits per heavy atom. The second-order valence-electron chi connectivity index (χ2n) is 4.69. The van der Waals surface area contributed by atoms with Crippen LogP contribution in [-0.2, 0) is 19.4 Å². The molecule has 0 saturated carbocycles. The number of aliphatic hydroxyl groups is 2. The summed E-state index contributed by atoms with van der Waals surface area (Å²) in [6, 6.07) is 4.02. The molecule has 1 rings (SSSR count). The van der Waals surface area contributed by atoms with Crippen LogP contribution in [0.4, 0.5) is 0 Å². The fourth-order valence-corrected chi connectivity index (χ4v) is 2.27. The van der Waals surface area contributed by atoms with Crippen molar-refractivity contribution in [2.24, 2.45) is 0 Å². The van der Waals surface area contributed by atoms with Gasteiger partial charge in [0.05, 0.1) is 13.2 Å². The summed E-state index contributed by atoms with van der Waals surface area (Å²) < 4.78 is 0. The van der Waals surface area contributed by atoms with Gasteiger partial charge in [0.15, 0.2) is 0 Å². The molecule has 0 spiro atoms. The van der Waals surface area contributed by atoms with Gasteiger partial charge in [0.25, 0.3) is 0 Å². The largest absolute Gasteiger partial charge is 0.507 e. The van der Waals surface area contributed by atoms with Crippen LogP contribution in [0.5, 0.6) is 5.75 Å². The molecule has 0 fully saturated rings. The van der Waals surface area contributed by atoms with Crippen molar-refractivity contribution < 1.29 is 15.3 Å². The second-order valence-corrected chi connectivity index (χ2v) is 4.69. The van der Waals surface area contributed by atoms with Crippen LogP contribution >= 0.6 is 0 Å². The average molecular weight is 267 g/mol. The van der Waals surface area contributed by atoms with Gasteiger partial charge in [-0.25, -0.2) is 0 Å². The smallest absolute Gasteiger partial charge is 0.121 e. The fraction of sp³-hybridized carbons (Fsp3) is 0.600. The number of aromatic hydroxyl groups is 1. The molecule has 0 atom stereocenters. The SMILES string of the molecule is CCc1cc(CN(CCO)CCO)cc(CC)c1O. The summed E-state index contributed by atoms with van der Waals surface area (Å²) in [6.45, 7) is 5.99. The highest BCUT2D eigenvalue weighted by molar-refractivity contribution is 5.43. The van der Waals surface area contributed by atoms with Crippen molar-refractivity contribution in [3.05, 3.63) is 28.8 Å². The summed E-state index contributed by atoms with van der Waals surface area (Å²) in [5.41, 5.74) is 3.04. The molecular formula is C15H25NO3. The number of aliphatic hydroxyl groups excluding tert-OH is 2. The summed E-state index contributed by atoms with van der Waals surface area (Å²) >= 11 is 0. The van der Waals surface area contributed by atoms with E-state index in [0.717, 1.165) is 29.5 Å². The van der Waals surface area contributed by atoms with Crippen LogP contribution in [0.1, 0.15) is 30.5 Å². The Morgan fingerprint density at radius 2 is 1.42 bits per heavy atom. The van der Waals surface area contributed by atoms with E-state index in [4.69, 9.17) is 10.2 Å². The highest BCUT2D eigenvalue weighted by Gasteiger charge is 2.10. The standard InChI is InChI=1S/C15H25NO3/c1-3-13-9-12(10-14(4-2)15(13)19)11-16(5-7-17)6-8-18/h9-10,17-19H,3-8,11H2,1-2H3. The number of phenols is 1. The highest BCUT2D eigenvalue weighted by atomic mass is 16.3. The van der Waals surface area contributed by atoms with Gasteiger partial charge in [-0.3, -0.25) is 4.90 Å². The summed E-state index contributed by atoms with van der Waals surface area (Å²) in [6.07, 6.45) is 1.60. The summed E-state index contributed by atoms with van der Waals surface area (Å²) in [5.74, 6) is 0.407. The molecule has 19 heavy (non-hydrogen) atoms. The molecule has 1 aromatic carbocycles. The Morgan fingerprint density at radius 3 is 1.79 bits per heavy atom. The molecule has 0 unspecified atom stereocenters. The van der Waals surface area contributed by atoms with Crippen LogP contribution in [0.2, 0.25) is 0 Å². The quantitative estimate of drug-likeness (QED) is 0.664. The molecule has 3 N–H and O–H groups in total. The Balaban J connectivity index is 2.92. The zero-order valence-corrected chi connectivity index (χ0v) is 11.9. The van der Waals surface area contributed by atoms with Gasteiger partial charge in [0.1, 0.15) is 5.75 Å². The molecule has 0 saturated heterocycles. The normalized spacial score (nSPS) is 11.2. The lowest BCUT2D eigenvalue weighted by Crippen LogP contribution is -2.29. The number of aryl methyl sites for hydroxylation is 2. The van der Waals surface area contributed by atoms with Gasteiger partial charge in [-0.15, -0.1) is 0 Å². The number of phenolic OH excluding ortho intramolecular Hbond substituents is 1. The number of benzene rings is 1. The summed E-state index contributed by atoms with van der Waals surface area (Å²) in [4.78, 5) is 2.01. The Labute approximate surface area is 115 Å². The monoisotopic (exact) mass is 267 g/mol. The predicted molar refractivity (Wildman–Crippen MR) is 76.3 cm³/mol. The molecule has 0 amide bonds. The van der Waals surface area contributed by atoms with Gasteiger partial charge in [0.2, 0.25) is 0 Å². The molecule has 4 nitrogen and oxygen atoms in total. The van der Waals surface area contributed by atoms with Gasteiger partial charge < -0.3 is 15.3 Å². The van der Waals surface area contributed by atoms with Crippen molar-refractivity contribution in [3.63, 3.8) is 0 Å². The molecule has 108 valence electrons. The first-order chi connectivity index (χ1) is 9.15. The maximum Gasteiger partial charge on any atom is 0.121 e. The molecule has 1 aromatic rings. The predicted octanol–water partition coefficient (Wildman–Crippen LogP) is 1.30. The fourth-order valence-electron chi connectivity index (χ4n) is 2.27. The van der Waals surface area contributed by atoms with Gasteiger partial charge in [-0.2, -0.15) is 0 Å². The van der Waals surface area contributed by atoms with E-state index in [0.29, 0.717) is 25.4 Å². The first kappa shape index (κ1) is 16.0. The zero-order valence-electron chi connectivity index (χ0n) is 11.9. The minimum Gasteiger partial charge on any atom is -0.507 e. The van der Waals surface area contributed by atoms with E-state index in [9.17, 15) is 5.11 Å². The molecule has 0 aliphatic rings. The first-order valence-electron chi connectivity index (χ1n) is 6.93. The minimum atomic E-state index is 0.0827. The van der Waals surface area contributed by atoms with E-state index in [2.05, 4.69) is 0 Å². The Kier molecular flexibility index (Phi) is 6.84. The average Bonchev–Trinajstić information content (AvgIpc) is 2.41. The molecule has 0 aliphatic heterocycles. The van der Waals surface area contributed by atoms with Crippen molar-refractivity contribution in [1.29, 1.82) is 0 Å². The van der Waals surface area contributed by atoms with Crippen molar-refractivity contribution in [3.8, 4) is 5.75 Å². The van der Waals surface area contributed by atoms with E-state index in [1.165, 1.54) is 0 Å². The van der Waals surface area contributed by atoms with Crippen molar-refractivity contribution in [2.45, 2.75) is 33.2 Å². The third-order valence-corrected chi connectivity index (χ3v) is 3.33. The maximum absolute atomic E-state index is 10.1. The van der Waals surface area contributed by atoms with Crippen molar-refractivity contribution in [1.82, 2.24) is 4.90 Å². The third kappa shape index (κ3) is 4.49. The van der Waals surface area contributed by atoms with E-state index in [1.807, 2.05) is 30.9 Å². The topological polar surface area (TPSA) is 63.9 Å². The number of hydrogen-bond acceptors (Lipinski definition) is 4. The van der Waals surface area contributed by atoms with Gasteiger partial charge in [0, 0.05) is 19.6 Å². The summed E-state index contributed by atoms with van der Waals surface area (Å²) in [7, 11) is 0. The Bertz CT molecular complexity index is 362. The molecular weight excluding hydrogens is 242 g/mol. The molecule has 0 aromatic heterocycles. The third-order valence-electron chi connectivity index (χ3n) is 3.33. The van der Waals surface area contributed by atoms with Crippen LogP contribution in [0.25, 0.3) is 0 Å². The van der Waals surface area contributed by atoms with Crippen molar-refractivity contribution in [2.75, 3.05) is 26.3 Å². The van der Waals surface area contributed by atoms with Gasteiger partial charge in [-0.1, -0.05) is 26.0 Å². The molecule has 0 radical (unpaired) electrons. The van der Waals surface area contributed by atoms with Crippen LogP contribution in [0.3, 0.4) is 0 Å². The molecule has 0 bridgehead atoms. The van der Waals surface area contributed by atoms with Crippen LogP contribution in [-0.4, -0.2) is 46.5 Å². The first-order valence-corrected chi connectivity index (χ1v) is 6.93. The van der Waals surface area contributed by atoms with Crippen LogP contribution in [0, 0.1) is 0 Å². The Hall–Kier alpha value is -1.10. The van der Waals surface area contributed by atoms with E-state index in [1.54, 1.807) is 0 Å². The lowest BCUT2D eigenvalue weighted by Gasteiger charge is -2.21. The lowest BCUT2D eigenvalue weighted by atomic mass is 10.0. The van der Waals surface area contributed by atoms with Gasteiger partial charge in [-0.05, 0) is 29.5 Å². The van der Waals surface area contributed by atoms with Gasteiger partial charge >= 0.3 is 0 Å². The molecule has 0 heterocycles. The highest BCUT2D eigenvalue weighted by Crippen LogP contribution is 2.26.